The van der Waals surface area contributed by atoms with Crippen LogP contribution in [-0.4, -0.2) is 37.2 Å². The molecule has 1 aliphatic heterocycles. The van der Waals surface area contributed by atoms with Crippen molar-refractivity contribution in [1.29, 1.82) is 0 Å². The Morgan fingerprint density at radius 1 is 1.45 bits per heavy atom. The van der Waals surface area contributed by atoms with Gasteiger partial charge in [-0.3, -0.25) is 4.90 Å². The molecule has 0 spiro atoms. The average molecular weight is 280 g/mol. The number of likely N-dealkylation sites (tertiary alicyclic amines) is 1. The van der Waals surface area contributed by atoms with E-state index in [4.69, 9.17) is 14.9 Å². The van der Waals surface area contributed by atoms with E-state index >= 15 is 0 Å². The van der Waals surface area contributed by atoms with Gasteiger partial charge in [-0.25, -0.2) is 0 Å². The van der Waals surface area contributed by atoms with Crippen LogP contribution >= 0.6 is 0 Å². The fourth-order valence-electron chi connectivity index (χ4n) is 2.88. The van der Waals surface area contributed by atoms with Crippen molar-refractivity contribution in [2.75, 3.05) is 26.2 Å². The number of ether oxygens (including phenoxy) is 1. The third-order valence-electron chi connectivity index (χ3n) is 3.99. The van der Waals surface area contributed by atoms with Crippen molar-refractivity contribution in [3.05, 3.63) is 23.7 Å². The summed E-state index contributed by atoms with van der Waals surface area (Å²) in [5.41, 5.74) is 5.99. The summed E-state index contributed by atoms with van der Waals surface area (Å²) in [6.07, 6.45) is 4.69. The van der Waals surface area contributed by atoms with Crippen molar-refractivity contribution in [1.82, 2.24) is 4.90 Å². The van der Waals surface area contributed by atoms with Crippen molar-refractivity contribution in [3.63, 3.8) is 0 Å². The van der Waals surface area contributed by atoms with Crippen LogP contribution in [0.2, 0.25) is 0 Å². The predicted molar refractivity (Wildman–Crippen MR) is 80.7 cm³/mol. The molecule has 0 aliphatic carbocycles. The van der Waals surface area contributed by atoms with E-state index < -0.39 is 0 Å². The van der Waals surface area contributed by atoms with Crippen LogP contribution in [0.5, 0.6) is 0 Å². The highest BCUT2D eigenvalue weighted by Gasteiger charge is 2.28. The molecule has 2 rings (SSSR count). The minimum atomic E-state index is 0.184. The Balaban J connectivity index is 1.99. The number of hydrogen-bond acceptors (Lipinski definition) is 4. The minimum absolute atomic E-state index is 0.184. The Hall–Kier alpha value is -0.840. The van der Waals surface area contributed by atoms with Crippen molar-refractivity contribution in [2.24, 2.45) is 5.73 Å². The van der Waals surface area contributed by atoms with Gasteiger partial charge in [-0.2, -0.15) is 0 Å². The van der Waals surface area contributed by atoms with Gasteiger partial charge in [0.05, 0.1) is 12.1 Å². The Morgan fingerprint density at radius 3 is 2.95 bits per heavy atom. The largest absolute Gasteiger partial charge is 0.464 e. The van der Waals surface area contributed by atoms with Gasteiger partial charge in [0.1, 0.15) is 11.5 Å². The number of hydrogen-bond donors (Lipinski definition) is 1. The molecule has 2 atom stereocenters. The van der Waals surface area contributed by atoms with Gasteiger partial charge in [0.2, 0.25) is 0 Å². The first kappa shape index (κ1) is 15.5. The Labute approximate surface area is 122 Å². The molecule has 0 bridgehead atoms. The summed E-state index contributed by atoms with van der Waals surface area (Å²) in [6.45, 7) is 7.75. The summed E-state index contributed by atoms with van der Waals surface area (Å²) >= 11 is 0. The predicted octanol–water partition coefficient (Wildman–Crippen LogP) is 2.73. The number of nitrogens with two attached hydrogens (primary N) is 1. The first-order valence-electron chi connectivity index (χ1n) is 7.92. The van der Waals surface area contributed by atoms with Gasteiger partial charge >= 0.3 is 0 Å². The molecule has 0 aromatic carbocycles. The molecule has 4 nitrogen and oxygen atoms in total. The van der Waals surface area contributed by atoms with E-state index in [2.05, 4.69) is 30.9 Å². The second-order valence-corrected chi connectivity index (χ2v) is 5.54. The van der Waals surface area contributed by atoms with Gasteiger partial charge in [-0.15, -0.1) is 0 Å². The van der Waals surface area contributed by atoms with Crippen molar-refractivity contribution < 1.29 is 9.15 Å². The third kappa shape index (κ3) is 3.84. The van der Waals surface area contributed by atoms with E-state index in [-0.39, 0.29) is 6.04 Å². The topological polar surface area (TPSA) is 51.6 Å². The lowest BCUT2D eigenvalue weighted by atomic mass is 10.0. The third-order valence-corrected chi connectivity index (χ3v) is 3.99. The van der Waals surface area contributed by atoms with Crippen molar-refractivity contribution in [2.45, 2.75) is 51.7 Å². The summed E-state index contributed by atoms with van der Waals surface area (Å²) < 4.78 is 11.8. The van der Waals surface area contributed by atoms with Crippen LogP contribution in [0.3, 0.4) is 0 Å². The quantitative estimate of drug-likeness (QED) is 0.834. The van der Waals surface area contributed by atoms with E-state index in [9.17, 15) is 0 Å². The van der Waals surface area contributed by atoms with Crippen LogP contribution in [-0.2, 0) is 11.2 Å². The van der Waals surface area contributed by atoms with Crippen molar-refractivity contribution >= 4 is 0 Å². The lowest BCUT2D eigenvalue weighted by Gasteiger charge is -2.36. The fourth-order valence-corrected chi connectivity index (χ4v) is 2.88. The Kier molecular flexibility index (Phi) is 6.07. The molecule has 2 unspecified atom stereocenters. The van der Waals surface area contributed by atoms with Crippen LogP contribution in [0.25, 0.3) is 0 Å². The highest BCUT2D eigenvalue weighted by atomic mass is 16.5. The molecular weight excluding hydrogens is 252 g/mol. The van der Waals surface area contributed by atoms with Gasteiger partial charge in [0.15, 0.2) is 0 Å². The number of piperidine rings is 1. The fraction of sp³-hybridized carbons (Fsp3) is 0.750. The van der Waals surface area contributed by atoms with Crippen LogP contribution in [0, 0.1) is 0 Å². The highest BCUT2D eigenvalue weighted by molar-refractivity contribution is 5.11. The molecule has 0 radical (unpaired) electrons. The Morgan fingerprint density at radius 2 is 2.30 bits per heavy atom. The van der Waals surface area contributed by atoms with Gasteiger partial charge in [-0.1, -0.05) is 13.8 Å². The van der Waals surface area contributed by atoms with E-state index in [1.54, 1.807) is 0 Å². The highest BCUT2D eigenvalue weighted by Crippen LogP contribution is 2.26. The molecule has 0 saturated carbocycles. The molecule has 1 aromatic rings. The van der Waals surface area contributed by atoms with Gasteiger partial charge in [0.25, 0.3) is 0 Å². The molecule has 1 aliphatic rings. The number of aryl methyl sites for hydroxylation is 1. The number of nitrogens with zero attached hydrogens (tertiary/aromatic N) is 1. The smallest absolute Gasteiger partial charge is 0.122 e. The molecule has 1 aromatic heterocycles. The first-order chi connectivity index (χ1) is 9.78. The van der Waals surface area contributed by atoms with Crippen molar-refractivity contribution in [3.8, 4) is 0 Å². The average Bonchev–Trinajstić information content (AvgIpc) is 2.95. The molecule has 1 fully saturated rings. The van der Waals surface area contributed by atoms with Crippen LogP contribution in [0.4, 0.5) is 0 Å². The monoisotopic (exact) mass is 280 g/mol. The van der Waals surface area contributed by atoms with E-state index in [0.717, 1.165) is 50.5 Å². The summed E-state index contributed by atoms with van der Waals surface area (Å²) in [4.78, 5) is 2.42. The van der Waals surface area contributed by atoms with Crippen LogP contribution in [0.1, 0.15) is 50.7 Å². The van der Waals surface area contributed by atoms with E-state index in [1.807, 2.05) is 0 Å². The minimum Gasteiger partial charge on any atom is -0.464 e. The molecule has 2 heterocycles. The standard InChI is InChI=1S/C16H28N2O2/c1-3-10-19-14-6-5-9-18(12-14)15(11-17)16-8-7-13(4-2)20-16/h7-8,14-15H,3-6,9-12,17H2,1-2H3. The van der Waals surface area contributed by atoms with Gasteiger partial charge in [0, 0.05) is 26.1 Å². The van der Waals surface area contributed by atoms with Crippen LogP contribution in [0.15, 0.2) is 16.5 Å². The summed E-state index contributed by atoms with van der Waals surface area (Å²) in [5.74, 6) is 2.04. The van der Waals surface area contributed by atoms with Gasteiger partial charge in [-0.05, 0) is 37.9 Å². The number of rotatable bonds is 7. The molecule has 0 amide bonds. The lowest BCUT2D eigenvalue weighted by molar-refractivity contribution is -0.0144. The summed E-state index contributed by atoms with van der Waals surface area (Å²) in [5, 5.41) is 0. The molecule has 20 heavy (non-hydrogen) atoms. The maximum absolute atomic E-state index is 5.99. The molecule has 114 valence electrons. The van der Waals surface area contributed by atoms with E-state index in [1.165, 1.54) is 6.42 Å². The number of furan rings is 1. The maximum atomic E-state index is 5.99. The Bertz CT molecular complexity index is 392. The molecule has 1 saturated heterocycles. The second kappa shape index (κ2) is 7.81. The molecule has 2 N–H and O–H groups in total. The summed E-state index contributed by atoms with van der Waals surface area (Å²) in [6, 6.07) is 4.32. The first-order valence-corrected chi connectivity index (χ1v) is 7.92. The maximum Gasteiger partial charge on any atom is 0.122 e. The normalized spacial score (nSPS) is 22.1. The molecular formula is C16H28N2O2. The SMILES string of the molecule is CCCOC1CCCN(C(CN)c2ccc(CC)o2)C1. The summed E-state index contributed by atoms with van der Waals surface area (Å²) in [7, 11) is 0. The lowest BCUT2D eigenvalue weighted by Crippen LogP contribution is -2.44. The van der Waals surface area contributed by atoms with Gasteiger partial charge < -0.3 is 14.9 Å². The second-order valence-electron chi connectivity index (χ2n) is 5.54. The zero-order valence-electron chi connectivity index (χ0n) is 12.8. The van der Waals surface area contributed by atoms with Crippen LogP contribution < -0.4 is 5.73 Å². The van der Waals surface area contributed by atoms with E-state index in [0.29, 0.717) is 12.6 Å². The molecule has 4 heteroatoms. The zero-order valence-corrected chi connectivity index (χ0v) is 12.8. The zero-order chi connectivity index (χ0) is 14.4.